The topological polar surface area (TPSA) is 39.0 Å². The predicted molar refractivity (Wildman–Crippen MR) is 140 cm³/mol. The number of carbonyl (C=O) groups excluding carboxylic acids is 1. The number of rotatable bonds is 6. The van der Waals surface area contributed by atoms with Crippen LogP contribution in [0.3, 0.4) is 0 Å². The quantitative estimate of drug-likeness (QED) is 0.267. The van der Waals surface area contributed by atoms with Gasteiger partial charge in [0.05, 0.1) is 26.9 Å². The van der Waals surface area contributed by atoms with E-state index >= 15 is 0 Å². The van der Waals surface area contributed by atoms with E-state index in [-0.39, 0.29) is 0 Å². The number of benzene rings is 3. The molecule has 5 heteroatoms. The van der Waals surface area contributed by atoms with E-state index in [2.05, 4.69) is 52.3 Å². The van der Waals surface area contributed by atoms with Crippen LogP contribution in [0, 0.1) is 0 Å². The van der Waals surface area contributed by atoms with Gasteiger partial charge in [-0.1, -0.05) is 58.4 Å². The third-order valence-electron chi connectivity index (χ3n) is 5.71. The molecule has 0 saturated carbocycles. The van der Waals surface area contributed by atoms with Gasteiger partial charge in [0.15, 0.2) is 0 Å². The molecule has 4 nitrogen and oxygen atoms in total. The average Bonchev–Trinajstić information content (AvgIpc) is 2.89. The molecular formula is C29H26BrO4+. The first kappa shape index (κ1) is 23.6. The van der Waals surface area contributed by atoms with Gasteiger partial charge < -0.3 is 14.2 Å². The summed E-state index contributed by atoms with van der Waals surface area (Å²) in [5, 5.41) is 0. The molecule has 0 unspecified atom stereocenters. The van der Waals surface area contributed by atoms with Crippen LogP contribution < -0.4 is 9.47 Å². The highest BCUT2D eigenvalue weighted by Crippen LogP contribution is 2.42. The van der Waals surface area contributed by atoms with E-state index < -0.39 is 0 Å². The molecule has 0 bridgehead atoms. The van der Waals surface area contributed by atoms with Crippen molar-refractivity contribution >= 4 is 27.3 Å². The Hall–Kier alpha value is -3.57. The van der Waals surface area contributed by atoms with Crippen LogP contribution in [-0.2, 0) is 9.16 Å². The zero-order chi connectivity index (χ0) is 24.1. The minimum absolute atomic E-state index is 0.694. The molecule has 1 aliphatic rings. The van der Waals surface area contributed by atoms with E-state index in [1.165, 1.54) is 0 Å². The summed E-state index contributed by atoms with van der Waals surface area (Å²) < 4.78 is 24.2. The van der Waals surface area contributed by atoms with Gasteiger partial charge in [0.2, 0.25) is 0 Å². The minimum Gasteiger partial charge on any atom is -0.496 e. The zero-order valence-electron chi connectivity index (χ0n) is 19.6. The SMILES string of the molecule is COC1=CC=CC(=[O+]C)/C1=C(\c1ccc(-c2ccc(Br)cc2)cc1)c1c(OC)cccc1OC. The number of ether oxygens (including phenoxy) is 3. The third kappa shape index (κ3) is 4.57. The summed E-state index contributed by atoms with van der Waals surface area (Å²) in [4.78, 5) is 0. The molecule has 1 aliphatic carbocycles. The third-order valence-corrected chi connectivity index (χ3v) is 6.24. The predicted octanol–water partition coefficient (Wildman–Crippen LogP) is 6.77. The first-order valence-corrected chi connectivity index (χ1v) is 11.6. The first-order chi connectivity index (χ1) is 16.6. The Morgan fingerprint density at radius 1 is 0.765 bits per heavy atom. The van der Waals surface area contributed by atoms with Crippen molar-refractivity contribution < 1.29 is 18.6 Å². The maximum absolute atomic E-state index is 5.78. The number of hydrogen-bond donors (Lipinski definition) is 0. The number of ketones is 1. The van der Waals surface area contributed by atoms with E-state index in [4.69, 9.17) is 18.6 Å². The Morgan fingerprint density at radius 3 is 1.88 bits per heavy atom. The van der Waals surface area contributed by atoms with Crippen molar-refractivity contribution in [2.24, 2.45) is 0 Å². The lowest BCUT2D eigenvalue weighted by molar-refractivity contribution is -0.418. The molecule has 0 radical (unpaired) electrons. The molecule has 0 saturated heterocycles. The average molecular weight is 518 g/mol. The monoisotopic (exact) mass is 517 g/mol. The molecule has 3 aromatic carbocycles. The lowest BCUT2D eigenvalue weighted by atomic mass is 9.86. The van der Waals surface area contributed by atoms with E-state index in [0.717, 1.165) is 37.9 Å². The fraction of sp³-hybridized carbons (Fsp3) is 0.138. The Labute approximate surface area is 208 Å². The summed E-state index contributed by atoms with van der Waals surface area (Å²) in [6, 6.07) is 22.5. The van der Waals surface area contributed by atoms with Crippen molar-refractivity contribution in [1.82, 2.24) is 0 Å². The van der Waals surface area contributed by atoms with Gasteiger partial charge >= 0.3 is 5.78 Å². The van der Waals surface area contributed by atoms with Crippen molar-refractivity contribution in [2.75, 3.05) is 28.4 Å². The van der Waals surface area contributed by atoms with Gasteiger partial charge in [0, 0.05) is 16.1 Å². The van der Waals surface area contributed by atoms with Gasteiger partial charge in [-0.3, -0.25) is 4.42 Å². The van der Waals surface area contributed by atoms with E-state index in [1.54, 1.807) is 28.4 Å². The second-order valence-electron chi connectivity index (χ2n) is 7.53. The highest BCUT2D eigenvalue weighted by molar-refractivity contribution is 9.10. The maximum Gasteiger partial charge on any atom is 0.354 e. The van der Waals surface area contributed by atoms with Crippen molar-refractivity contribution in [3.8, 4) is 22.6 Å². The van der Waals surface area contributed by atoms with Crippen molar-refractivity contribution in [3.63, 3.8) is 0 Å². The second kappa shape index (κ2) is 10.6. The molecule has 0 aromatic heterocycles. The maximum atomic E-state index is 5.78. The summed E-state index contributed by atoms with van der Waals surface area (Å²) in [5.41, 5.74) is 5.78. The van der Waals surface area contributed by atoms with Crippen molar-refractivity contribution in [1.29, 1.82) is 0 Å². The molecule has 0 heterocycles. The highest BCUT2D eigenvalue weighted by atomic mass is 79.9. The van der Waals surface area contributed by atoms with Crippen molar-refractivity contribution in [2.45, 2.75) is 0 Å². The summed E-state index contributed by atoms with van der Waals surface area (Å²) >= 11 is 3.50. The Kier molecular flexibility index (Phi) is 7.33. The molecule has 3 aromatic rings. The van der Waals surface area contributed by atoms with Crippen LogP contribution in [0.5, 0.6) is 11.5 Å². The van der Waals surface area contributed by atoms with Crippen LogP contribution in [0.1, 0.15) is 11.1 Å². The molecule has 34 heavy (non-hydrogen) atoms. The first-order valence-electron chi connectivity index (χ1n) is 10.8. The largest absolute Gasteiger partial charge is 0.496 e. The normalized spacial score (nSPS) is 15.7. The molecule has 0 fully saturated rings. The molecule has 0 amide bonds. The molecule has 172 valence electrons. The summed E-state index contributed by atoms with van der Waals surface area (Å²) in [5.74, 6) is 2.78. The fourth-order valence-corrected chi connectivity index (χ4v) is 4.34. The van der Waals surface area contributed by atoms with Gasteiger partial charge in [-0.05, 0) is 53.1 Å². The van der Waals surface area contributed by atoms with Crippen molar-refractivity contribution in [3.05, 3.63) is 112 Å². The van der Waals surface area contributed by atoms with E-state index in [9.17, 15) is 0 Å². The van der Waals surface area contributed by atoms with Gasteiger partial charge in [-0.15, -0.1) is 0 Å². The molecule has 0 spiro atoms. The van der Waals surface area contributed by atoms with E-state index in [0.29, 0.717) is 23.0 Å². The van der Waals surface area contributed by atoms with Crippen LogP contribution in [0.15, 0.2) is 101 Å². The minimum atomic E-state index is 0.694. The number of halogens is 1. The molecule has 0 N–H and O–H groups in total. The lowest BCUT2D eigenvalue weighted by Crippen LogP contribution is -2.13. The highest BCUT2D eigenvalue weighted by Gasteiger charge is 2.31. The molecule has 4 rings (SSSR count). The number of allylic oxidation sites excluding steroid dienone is 4. The van der Waals surface area contributed by atoms with Crippen LogP contribution in [-0.4, -0.2) is 34.2 Å². The summed E-state index contributed by atoms with van der Waals surface area (Å²) in [7, 11) is 6.63. The Balaban J connectivity index is 2.00. The molecule has 0 aliphatic heterocycles. The van der Waals surface area contributed by atoms with Crippen LogP contribution in [0.2, 0.25) is 0 Å². The van der Waals surface area contributed by atoms with Gasteiger partial charge in [-0.2, -0.15) is 0 Å². The zero-order valence-corrected chi connectivity index (χ0v) is 21.2. The lowest BCUT2D eigenvalue weighted by Gasteiger charge is -2.20. The summed E-state index contributed by atoms with van der Waals surface area (Å²) in [6.45, 7) is 0. The number of methoxy groups -OCH3 is 3. The van der Waals surface area contributed by atoms with Gasteiger partial charge in [0.25, 0.3) is 7.11 Å². The molecular weight excluding hydrogens is 492 g/mol. The van der Waals surface area contributed by atoms with E-state index in [1.807, 2.05) is 48.6 Å². The Bertz CT molecular complexity index is 1270. The second-order valence-corrected chi connectivity index (χ2v) is 8.45. The smallest absolute Gasteiger partial charge is 0.354 e. The van der Waals surface area contributed by atoms with Gasteiger partial charge in [0.1, 0.15) is 22.8 Å². The Morgan fingerprint density at radius 2 is 1.35 bits per heavy atom. The fourth-order valence-electron chi connectivity index (χ4n) is 4.08. The summed E-state index contributed by atoms with van der Waals surface area (Å²) in [6.07, 6.45) is 5.76. The molecule has 0 atom stereocenters. The van der Waals surface area contributed by atoms with Crippen LogP contribution in [0.4, 0.5) is 0 Å². The van der Waals surface area contributed by atoms with Gasteiger partial charge in [-0.25, -0.2) is 0 Å². The van der Waals surface area contributed by atoms with Crippen LogP contribution in [0.25, 0.3) is 16.7 Å². The number of hydrogen-bond acceptors (Lipinski definition) is 3. The standard InChI is InChI=1S/C29H26BrO4/c1-31-23-7-5-8-24(32-2)28(23)27(29-25(33-3)9-6-10-26(29)34-4)21-13-11-19(12-14-21)20-15-17-22(30)18-16-20/h5-18H,1-4H3/q+1. The van der Waals surface area contributed by atoms with Crippen LogP contribution >= 0.6 is 15.9 Å².